The summed E-state index contributed by atoms with van der Waals surface area (Å²) in [6.45, 7) is 0.756. The number of rotatable bonds is 4. The number of carbonyl (C=O) groups excluding carboxylic acids is 1. The van der Waals surface area contributed by atoms with E-state index in [1.54, 1.807) is 12.3 Å². The normalized spacial score (nSPS) is 14.0. The molecule has 1 amide bonds. The number of carbonyl (C=O) groups is 1. The Morgan fingerprint density at radius 3 is 2.78 bits per heavy atom. The second kappa shape index (κ2) is 7.80. The molecule has 136 valence electrons. The highest BCUT2D eigenvalue weighted by Crippen LogP contribution is 2.30. The Labute approximate surface area is 163 Å². The Hall–Kier alpha value is -2.85. The van der Waals surface area contributed by atoms with Gasteiger partial charge in [-0.05, 0) is 47.7 Å². The van der Waals surface area contributed by atoms with Gasteiger partial charge in [-0.1, -0.05) is 48.0 Å². The van der Waals surface area contributed by atoms with Crippen LogP contribution in [0.25, 0.3) is 0 Å². The van der Waals surface area contributed by atoms with Gasteiger partial charge in [0.2, 0.25) is 0 Å². The second-order valence-electron chi connectivity index (χ2n) is 6.49. The van der Waals surface area contributed by atoms with Gasteiger partial charge in [0.15, 0.2) is 0 Å². The summed E-state index contributed by atoms with van der Waals surface area (Å²) in [5, 5.41) is 3.46. The second-order valence-corrected chi connectivity index (χ2v) is 6.90. The van der Waals surface area contributed by atoms with Gasteiger partial charge >= 0.3 is 0 Å². The number of aromatic nitrogens is 1. The van der Waals surface area contributed by atoms with Gasteiger partial charge in [0.05, 0.1) is 23.2 Å². The van der Waals surface area contributed by atoms with Gasteiger partial charge in [0.25, 0.3) is 5.91 Å². The number of pyridine rings is 1. The van der Waals surface area contributed by atoms with E-state index >= 15 is 0 Å². The van der Waals surface area contributed by atoms with Gasteiger partial charge in [0.1, 0.15) is 5.75 Å². The molecule has 0 fully saturated rings. The van der Waals surface area contributed by atoms with E-state index in [0.29, 0.717) is 10.6 Å². The molecule has 3 aromatic rings. The Kier molecular flexibility index (Phi) is 5.07. The number of aryl methyl sites for hydroxylation is 1. The molecule has 0 radical (unpaired) electrons. The lowest BCUT2D eigenvalue weighted by Crippen LogP contribution is -2.29. The maximum atomic E-state index is 12.9. The summed E-state index contributed by atoms with van der Waals surface area (Å²) in [6.07, 6.45) is 5.03. The molecule has 1 atom stereocenters. The van der Waals surface area contributed by atoms with Gasteiger partial charge in [-0.25, -0.2) is 0 Å². The number of fused-ring (bicyclic) bond motifs is 1. The van der Waals surface area contributed by atoms with Crippen molar-refractivity contribution >= 4 is 17.5 Å². The molecule has 0 spiro atoms. The molecule has 0 saturated heterocycles. The fourth-order valence-electron chi connectivity index (χ4n) is 3.33. The van der Waals surface area contributed by atoms with Crippen LogP contribution in [0.5, 0.6) is 5.75 Å². The molecule has 5 heteroatoms. The number of benzene rings is 2. The number of nitrogens with one attached hydrogen (secondary N) is 1. The van der Waals surface area contributed by atoms with Crippen molar-refractivity contribution in [3.63, 3.8) is 0 Å². The molecule has 1 aliphatic rings. The number of hydrogen-bond acceptors (Lipinski definition) is 3. The van der Waals surface area contributed by atoms with Gasteiger partial charge in [-0.15, -0.1) is 0 Å². The topological polar surface area (TPSA) is 51.2 Å². The third-order valence-electron chi connectivity index (χ3n) is 4.69. The molecule has 4 nitrogen and oxygen atoms in total. The minimum Gasteiger partial charge on any atom is -0.493 e. The van der Waals surface area contributed by atoms with Crippen molar-refractivity contribution in [1.29, 1.82) is 0 Å². The average molecular weight is 379 g/mol. The summed E-state index contributed by atoms with van der Waals surface area (Å²) >= 11 is 6.15. The number of ether oxygens (including phenoxy) is 1. The number of nitrogens with zero attached hydrogens (tertiary/aromatic N) is 1. The minimum absolute atomic E-state index is 0.231. The first-order valence-corrected chi connectivity index (χ1v) is 9.31. The maximum absolute atomic E-state index is 12.9. The van der Waals surface area contributed by atoms with Crippen LogP contribution in [0.3, 0.4) is 0 Å². The zero-order valence-electron chi connectivity index (χ0n) is 14.7. The maximum Gasteiger partial charge on any atom is 0.253 e. The first kappa shape index (κ1) is 17.6. The number of hydrogen-bond donors (Lipinski definition) is 1. The average Bonchev–Trinajstić information content (AvgIpc) is 2.72. The minimum atomic E-state index is -0.282. The predicted octanol–water partition coefficient (Wildman–Crippen LogP) is 4.58. The summed E-state index contributed by atoms with van der Waals surface area (Å²) in [5.41, 5.74) is 3.61. The largest absolute Gasteiger partial charge is 0.493 e. The van der Waals surface area contributed by atoms with Crippen LogP contribution in [0.4, 0.5) is 0 Å². The highest BCUT2D eigenvalue weighted by Gasteiger charge is 2.21. The monoisotopic (exact) mass is 378 g/mol. The van der Waals surface area contributed by atoms with Crippen LogP contribution < -0.4 is 10.1 Å². The van der Waals surface area contributed by atoms with E-state index in [0.717, 1.165) is 36.3 Å². The highest BCUT2D eigenvalue weighted by molar-refractivity contribution is 6.33. The Morgan fingerprint density at radius 1 is 1.11 bits per heavy atom. The van der Waals surface area contributed by atoms with E-state index in [1.807, 2.05) is 42.5 Å². The Balaban J connectivity index is 1.70. The summed E-state index contributed by atoms with van der Waals surface area (Å²) in [5.74, 6) is 0.700. The van der Waals surface area contributed by atoms with Crippen LogP contribution in [0, 0.1) is 0 Å². The first-order chi connectivity index (χ1) is 13.2. The van der Waals surface area contributed by atoms with Crippen molar-refractivity contribution in [3.05, 3.63) is 94.3 Å². The predicted molar refractivity (Wildman–Crippen MR) is 105 cm³/mol. The van der Waals surface area contributed by atoms with Crippen LogP contribution in [-0.2, 0) is 6.42 Å². The van der Waals surface area contributed by atoms with E-state index < -0.39 is 0 Å². The van der Waals surface area contributed by atoms with Gasteiger partial charge in [0, 0.05) is 12.4 Å². The quantitative estimate of drug-likeness (QED) is 0.723. The summed E-state index contributed by atoms with van der Waals surface area (Å²) in [6, 6.07) is 17.4. The molecule has 1 N–H and O–H groups in total. The van der Waals surface area contributed by atoms with Crippen LogP contribution >= 0.6 is 11.6 Å². The Bertz CT molecular complexity index is 960. The van der Waals surface area contributed by atoms with Crippen molar-refractivity contribution < 1.29 is 9.53 Å². The van der Waals surface area contributed by atoms with E-state index in [4.69, 9.17) is 16.3 Å². The van der Waals surface area contributed by atoms with Gasteiger partial charge < -0.3 is 10.1 Å². The molecule has 2 heterocycles. The fourth-order valence-corrected chi connectivity index (χ4v) is 3.54. The molecular formula is C22H19ClN2O2. The third-order valence-corrected chi connectivity index (χ3v) is 4.99. The van der Waals surface area contributed by atoms with E-state index in [2.05, 4.69) is 16.4 Å². The number of halogens is 1. The zero-order chi connectivity index (χ0) is 18.6. The molecule has 4 rings (SSSR count). The van der Waals surface area contributed by atoms with Gasteiger partial charge in [-0.2, -0.15) is 0 Å². The molecule has 1 aliphatic heterocycles. The van der Waals surface area contributed by atoms with Crippen molar-refractivity contribution in [1.82, 2.24) is 10.3 Å². The van der Waals surface area contributed by atoms with Crippen molar-refractivity contribution in [2.24, 2.45) is 0 Å². The van der Waals surface area contributed by atoms with E-state index in [-0.39, 0.29) is 11.9 Å². The molecule has 27 heavy (non-hydrogen) atoms. The molecule has 1 aromatic heterocycles. The van der Waals surface area contributed by atoms with Crippen molar-refractivity contribution in [2.45, 2.75) is 18.9 Å². The molecule has 0 saturated carbocycles. The zero-order valence-corrected chi connectivity index (χ0v) is 15.4. The smallest absolute Gasteiger partial charge is 0.253 e. The fraction of sp³-hybridized carbons (Fsp3) is 0.182. The molecule has 0 aliphatic carbocycles. The summed E-state index contributed by atoms with van der Waals surface area (Å²) in [4.78, 5) is 16.8. The summed E-state index contributed by atoms with van der Waals surface area (Å²) < 4.78 is 5.72. The number of amides is 1. The van der Waals surface area contributed by atoms with E-state index in [9.17, 15) is 4.79 Å². The SMILES string of the molecule is O=C(NC(c1ccccc1)c1ccc2c(c1)CCCO2)c1ccncc1Cl. The van der Waals surface area contributed by atoms with Crippen LogP contribution in [-0.4, -0.2) is 17.5 Å². The van der Waals surface area contributed by atoms with Crippen molar-refractivity contribution in [2.75, 3.05) is 6.61 Å². The lowest BCUT2D eigenvalue weighted by atomic mass is 9.94. The standard InChI is InChI=1S/C22H19ClN2O2/c23-19-14-24-11-10-18(19)22(26)25-21(15-5-2-1-3-6-15)17-8-9-20-16(13-17)7-4-12-27-20/h1-3,5-6,8-11,13-14,21H,4,7,12H2,(H,25,26). The highest BCUT2D eigenvalue weighted by atomic mass is 35.5. The summed E-state index contributed by atoms with van der Waals surface area (Å²) in [7, 11) is 0. The van der Waals surface area contributed by atoms with Crippen LogP contribution in [0.15, 0.2) is 67.0 Å². The molecule has 0 bridgehead atoms. The first-order valence-electron chi connectivity index (χ1n) is 8.93. The molecular weight excluding hydrogens is 360 g/mol. The van der Waals surface area contributed by atoms with Crippen molar-refractivity contribution in [3.8, 4) is 5.75 Å². The van der Waals surface area contributed by atoms with Gasteiger partial charge in [-0.3, -0.25) is 9.78 Å². The molecule has 2 aromatic carbocycles. The lowest BCUT2D eigenvalue weighted by molar-refractivity contribution is 0.0943. The van der Waals surface area contributed by atoms with E-state index in [1.165, 1.54) is 11.8 Å². The third kappa shape index (κ3) is 3.81. The Morgan fingerprint density at radius 2 is 1.96 bits per heavy atom. The molecule has 1 unspecified atom stereocenters. The lowest BCUT2D eigenvalue weighted by Gasteiger charge is -2.23. The van der Waals surface area contributed by atoms with Crippen LogP contribution in [0.1, 0.15) is 39.5 Å². The van der Waals surface area contributed by atoms with Crippen LogP contribution in [0.2, 0.25) is 5.02 Å².